The van der Waals surface area contributed by atoms with Gasteiger partial charge in [-0.2, -0.15) is 0 Å². The van der Waals surface area contributed by atoms with Gasteiger partial charge >= 0.3 is 0 Å². The highest BCUT2D eigenvalue weighted by molar-refractivity contribution is 7.97. The summed E-state index contributed by atoms with van der Waals surface area (Å²) < 4.78 is 0. The van der Waals surface area contributed by atoms with E-state index >= 15 is 0 Å². The molecule has 6 heteroatoms. The largest absolute Gasteiger partial charge is 0.396 e. The summed E-state index contributed by atoms with van der Waals surface area (Å²) in [5, 5.41) is 47.0. The average Bonchev–Trinajstić information content (AvgIpc) is 2.24. The fraction of sp³-hybridized carbons (Fsp3) is 1.00. The maximum absolute atomic E-state index is 9.73. The third-order valence-electron chi connectivity index (χ3n) is 2.95. The Morgan fingerprint density at radius 2 is 1.69 bits per heavy atom. The van der Waals surface area contributed by atoms with Crippen molar-refractivity contribution in [3.63, 3.8) is 0 Å². The molecule has 1 fully saturated rings. The van der Waals surface area contributed by atoms with Gasteiger partial charge in [-0.25, -0.2) is 0 Å². The molecule has 1 rings (SSSR count). The SMILES string of the molecule is C[C@H](CO)[C@@H](O)C[S+]1C[C@@H](O)C(O)[C@@H](O)C1. The highest BCUT2D eigenvalue weighted by Crippen LogP contribution is 2.18. The monoisotopic (exact) mass is 253 g/mol. The topological polar surface area (TPSA) is 101 Å². The molecule has 0 aromatic heterocycles. The first kappa shape index (κ1) is 14.2. The molecule has 0 bridgehead atoms. The second-order valence-corrected chi connectivity index (χ2v) is 6.69. The third-order valence-corrected chi connectivity index (χ3v) is 5.39. The summed E-state index contributed by atoms with van der Waals surface area (Å²) in [5.41, 5.74) is 0. The van der Waals surface area contributed by atoms with Gasteiger partial charge in [0.1, 0.15) is 41.7 Å². The van der Waals surface area contributed by atoms with Crippen molar-refractivity contribution in [1.29, 1.82) is 0 Å². The highest BCUT2D eigenvalue weighted by Gasteiger charge is 2.42. The van der Waals surface area contributed by atoms with E-state index in [-0.39, 0.29) is 23.4 Å². The van der Waals surface area contributed by atoms with Crippen molar-refractivity contribution in [3.05, 3.63) is 0 Å². The van der Waals surface area contributed by atoms with Crippen LogP contribution in [-0.2, 0) is 10.9 Å². The molecule has 1 aliphatic rings. The molecule has 1 aliphatic heterocycles. The fourth-order valence-corrected chi connectivity index (χ4v) is 4.25. The lowest BCUT2D eigenvalue weighted by Gasteiger charge is -2.29. The second-order valence-electron chi connectivity index (χ2n) is 4.46. The Bertz CT molecular complexity index is 203. The molecule has 0 aromatic rings. The van der Waals surface area contributed by atoms with Crippen molar-refractivity contribution in [2.24, 2.45) is 5.92 Å². The lowest BCUT2D eigenvalue weighted by atomic mass is 10.1. The van der Waals surface area contributed by atoms with Gasteiger partial charge in [-0.15, -0.1) is 0 Å². The van der Waals surface area contributed by atoms with Crippen LogP contribution in [0, 0.1) is 5.92 Å². The van der Waals surface area contributed by atoms with Gasteiger partial charge in [-0.3, -0.25) is 0 Å². The standard InChI is InChI=1S/C10H21O5S/c1-6(2-11)7(12)3-16-4-8(13)10(15)9(14)5-16/h6-15H,2-5H2,1H3/q+1/t6-,7+,8-,9+,10?,16?/m1/s1. The van der Waals surface area contributed by atoms with Crippen LogP contribution >= 0.6 is 0 Å². The minimum Gasteiger partial charge on any atom is -0.396 e. The molecule has 0 amide bonds. The van der Waals surface area contributed by atoms with E-state index < -0.39 is 24.4 Å². The Kier molecular flexibility index (Phi) is 5.49. The molecule has 0 aliphatic carbocycles. The van der Waals surface area contributed by atoms with Crippen molar-refractivity contribution in [3.8, 4) is 0 Å². The van der Waals surface area contributed by atoms with Crippen LogP contribution in [0.25, 0.3) is 0 Å². The molecule has 5 nitrogen and oxygen atoms in total. The van der Waals surface area contributed by atoms with Gasteiger partial charge in [-0.1, -0.05) is 6.92 Å². The molecule has 16 heavy (non-hydrogen) atoms. The van der Waals surface area contributed by atoms with E-state index in [1.165, 1.54) is 0 Å². The number of aliphatic hydroxyl groups excluding tert-OH is 5. The van der Waals surface area contributed by atoms with Crippen LogP contribution in [0.2, 0.25) is 0 Å². The zero-order valence-electron chi connectivity index (χ0n) is 9.36. The van der Waals surface area contributed by atoms with E-state index in [0.717, 1.165) is 0 Å². The Labute approximate surface area is 98.1 Å². The predicted octanol–water partition coefficient (Wildman–Crippen LogP) is -2.31. The fourth-order valence-electron chi connectivity index (χ4n) is 1.67. The molecule has 2 unspecified atom stereocenters. The molecule has 5 N–H and O–H groups in total. The minimum atomic E-state index is -1.07. The summed E-state index contributed by atoms with van der Waals surface area (Å²) in [6, 6.07) is 0. The van der Waals surface area contributed by atoms with Crippen molar-refractivity contribution in [2.75, 3.05) is 23.9 Å². The van der Waals surface area contributed by atoms with Gasteiger partial charge in [-0.05, 0) is 10.9 Å². The molecule has 1 saturated heterocycles. The minimum absolute atomic E-state index is 0.0773. The number of rotatable bonds is 4. The van der Waals surface area contributed by atoms with E-state index in [9.17, 15) is 20.4 Å². The Balaban J connectivity index is 2.44. The summed E-state index contributed by atoms with van der Waals surface area (Å²) in [6.07, 6.45) is -3.52. The van der Waals surface area contributed by atoms with E-state index in [1.807, 2.05) is 0 Å². The number of hydrogen-bond donors (Lipinski definition) is 5. The molecular formula is C10H21O5S+. The molecule has 0 saturated carbocycles. The molecule has 1 heterocycles. The van der Waals surface area contributed by atoms with Crippen LogP contribution < -0.4 is 0 Å². The molecule has 0 aromatic carbocycles. The van der Waals surface area contributed by atoms with Crippen molar-refractivity contribution in [1.82, 2.24) is 0 Å². The normalized spacial score (nSPS) is 39.4. The van der Waals surface area contributed by atoms with Crippen LogP contribution in [0.4, 0.5) is 0 Å². The van der Waals surface area contributed by atoms with E-state index in [4.69, 9.17) is 5.11 Å². The first-order valence-corrected chi connectivity index (χ1v) is 7.16. The molecule has 0 radical (unpaired) electrons. The van der Waals surface area contributed by atoms with Gasteiger partial charge in [0.05, 0.1) is 0 Å². The molecule has 96 valence electrons. The highest BCUT2D eigenvalue weighted by atomic mass is 32.2. The summed E-state index contributed by atoms with van der Waals surface area (Å²) in [4.78, 5) is 0. The first-order chi connectivity index (χ1) is 7.45. The summed E-state index contributed by atoms with van der Waals surface area (Å²) >= 11 is 0. The second kappa shape index (κ2) is 6.18. The lowest BCUT2D eigenvalue weighted by molar-refractivity contribution is -0.0453. The maximum Gasteiger partial charge on any atom is 0.136 e. The van der Waals surface area contributed by atoms with Crippen molar-refractivity contribution in [2.45, 2.75) is 31.3 Å². The van der Waals surface area contributed by atoms with Gasteiger partial charge in [0, 0.05) is 12.5 Å². The van der Waals surface area contributed by atoms with Crippen LogP contribution in [0.15, 0.2) is 0 Å². The summed E-state index contributed by atoms with van der Waals surface area (Å²) in [6.45, 7) is 1.67. The van der Waals surface area contributed by atoms with E-state index in [2.05, 4.69) is 0 Å². The summed E-state index contributed by atoms with van der Waals surface area (Å²) in [5.74, 6) is 1.08. The summed E-state index contributed by atoms with van der Waals surface area (Å²) in [7, 11) is -0.299. The number of hydrogen-bond acceptors (Lipinski definition) is 5. The smallest absolute Gasteiger partial charge is 0.136 e. The van der Waals surface area contributed by atoms with Crippen LogP contribution in [-0.4, -0.2) is 73.8 Å². The maximum atomic E-state index is 9.73. The number of aliphatic hydroxyl groups is 5. The predicted molar refractivity (Wildman–Crippen MR) is 62.2 cm³/mol. The van der Waals surface area contributed by atoms with Crippen LogP contribution in [0.3, 0.4) is 0 Å². The third kappa shape index (κ3) is 3.58. The Hall–Kier alpha value is 0.150. The molecule has 0 spiro atoms. The van der Waals surface area contributed by atoms with Gasteiger partial charge < -0.3 is 25.5 Å². The Morgan fingerprint density at radius 3 is 2.12 bits per heavy atom. The van der Waals surface area contributed by atoms with Gasteiger partial charge in [0.25, 0.3) is 0 Å². The quantitative estimate of drug-likeness (QED) is 0.362. The zero-order valence-corrected chi connectivity index (χ0v) is 10.2. The molecule has 6 atom stereocenters. The lowest BCUT2D eigenvalue weighted by Crippen LogP contribution is -2.52. The van der Waals surface area contributed by atoms with E-state index in [0.29, 0.717) is 17.3 Å². The van der Waals surface area contributed by atoms with Crippen LogP contribution in [0.5, 0.6) is 0 Å². The van der Waals surface area contributed by atoms with Gasteiger partial charge in [0.2, 0.25) is 0 Å². The zero-order chi connectivity index (χ0) is 12.3. The average molecular weight is 253 g/mol. The van der Waals surface area contributed by atoms with Crippen LogP contribution in [0.1, 0.15) is 6.92 Å². The first-order valence-electron chi connectivity index (χ1n) is 5.43. The van der Waals surface area contributed by atoms with Gasteiger partial charge in [0.15, 0.2) is 0 Å². The molecular weight excluding hydrogens is 232 g/mol. The van der Waals surface area contributed by atoms with Crippen molar-refractivity contribution < 1.29 is 25.5 Å². The van der Waals surface area contributed by atoms with Crippen molar-refractivity contribution >= 4 is 10.9 Å². The van der Waals surface area contributed by atoms with E-state index in [1.54, 1.807) is 6.92 Å². The Morgan fingerprint density at radius 1 is 1.19 bits per heavy atom.